The van der Waals surface area contributed by atoms with E-state index in [0.717, 1.165) is 30.7 Å². The third kappa shape index (κ3) is 4.63. The fourth-order valence-electron chi connectivity index (χ4n) is 8.24. The van der Waals surface area contributed by atoms with Gasteiger partial charge in [-0.25, -0.2) is 28.4 Å². The van der Waals surface area contributed by atoms with Gasteiger partial charge < -0.3 is 14.6 Å². The summed E-state index contributed by atoms with van der Waals surface area (Å²) < 4.78 is 17.2. The number of imide groups is 1. The molecule has 2 fully saturated rings. The number of aromatic hydroxyl groups is 1. The van der Waals surface area contributed by atoms with E-state index >= 15 is 0 Å². The quantitative estimate of drug-likeness (QED) is 0.188. The molecule has 15 heteroatoms. The van der Waals surface area contributed by atoms with Crippen molar-refractivity contribution in [2.45, 2.75) is 32.9 Å². The van der Waals surface area contributed by atoms with E-state index in [2.05, 4.69) is 0 Å². The van der Waals surface area contributed by atoms with Crippen molar-refractivity contribution in [3.63, 3.8) is 0 Å². The normalized spacial score (nSPS) is 22.6. The molecule has 3 aromatic heterocycles. The molecular weight excluding hydrogens is 708 g/mol. The number of phenolic OH excluding ortho intramolecular Hbond substituents is 1. The maximum Gasteiger partial charge on any atom is 0.347 e. The van der Waals surface area contributed by atoms with Crippen molar-refractivity contribution >= 4 is 56.7 Å². The predicted molar refractivity (Wildman–Crippen MR) is 197 cm³/mol. The molecular formula is C37H35ClN6O7S. The van der Waals surface area contributed by atoms with Gasteiger partial charge in [0.1, 0.15) is 11.5 Å². The van der Waals surface area contributed by atoms with E-state index < -0.39 is 46.5 Å². The number of carbonyl (C=O) groups excluding carboxylic acids is 2. The van der Waals surface area contributed by atoms with Crippen LogP contribution in [0.5, 0.6) is 17.2 Å². The van der Waals surface area contributed by atoms with Crippen LogP contribution in [0, 0.1) is 24.2 Å². The lowest BCUT2D eigenvalue weighted by atomic mass is 9.58. The highest BCUT2D eigenvalue weighted by Gasteiger charge is 2.65. The lowest BCUT2D eigenvalue weighted by Crippen LogP contribution is -2.49. The molecule has 1 aliphatic carbocycles. The van der Waals surface area contributed by atoms with Crippen molar-refractivity contribution in [3.8, 4) is 27.8 Å². The number of aromatic nitrogens is 5. The molecule has 4 unspecified atom stereocenters. The number of fused-ring (bicyclic) bond motifs is 5. The fraction of sp³-hybridized carbons (Fsp3) is 0.324. The highest BCUT2D eigenvalue weighted by molar-refractivity contribution is 7.22. The van der Waals surface area contributed by atoms with Gasteiger partial charge in [0.05, 0.1) is 43.0 Å². The summed E-state index contributed by atoms with van der Waals surface area (Å²) in [5, 5.41) is 16.9. The summed E-state index contributed by atoms with van der Waals surface area (Å²) in [5.74, 6) is -1.74. The van der Waals surface area contributed by atoms with Crippen LogP contribution in [-0.4, -0.2) is 54.9 Å². The van der Waals surface area contributed by atoms with Crippen LogP contribution in [-0.2, 0) is 30.2 Å². The highest BCUT2D eigenvalue weighted by atomic mass is 35.5. The number of carbonyl (C=O) groups is 2. The minimum absolute atomic E-state index is 0.128. The van der Waals surface area contributed by atoms with E-state index in [1.54, 1.807) is 54.3 Å². The Morgan fingerprint density at radius 3 is 2.44 bits per heavy atom. The molecule has 52 heavy (non-hydrogen) atoms. The smallest absolute Gasteiger partial charge is 0.347 e. The molecule has 268 valence electrons. The van der Waals surface area contributed by atoms with Crippen LogP contribution in [0.3, 0.4) is 0 Å². The van der Waals surface area contributed by atoms with Gasteiger partial charge in [0.25, 0.3) is 0 Å². The highest BCUT2D eigenvalue weighted by Crippen LogP contribution is 2.58. The van der Waals surface area contributed by atoms with Crippen molar-refractivity contribution in [1.29, 1.82) is 0 Å². The second-order valence-corrected chi connectivity index (χ2v) is 15.1. The number of allylic oxidation sites excluding steroid dienone is 3. The number of ether oxygens (including phenoxy) is 2. The van der Waals surface area contributed by atoms with Gasteiger partial charge in [0.2, 0.25) is 17.6 Å². The zero-order valence-corrected chi connectivity index (χ0v) is 30.8. The van der Waals surface area contributed by atoms with Gasteiger partial charge in [-0.3, -0.25) is 14.3 Å². The van der Waals surface area contributed by atoms with Gasteiger partial charge >= 0.3 is 11.4 Å². The minimum atomic E-state index is -1.27. The van der Waals surface area contributed by atoms with Gasteiger partial charge in [-0.05, 0) is 72.7 Å². The van der Waals surface area contributed by atoms with Gasteiger partial charge in [0.15, 0.2) is 11.5 Å². The van der Waals surface area contributed by atoms with Crippen LogP contribution >= 0.6 is 22.9 Å². The molecule has 0 radical (unpaired) electrons. The number of anilines is 1. The molecule has 1 saturated heterocycles. The Labute approximate surface area is 306 Å². The van der Waals surface area contributed by atoms with Gasteiger partial charge in [-0.15, -0.1) is 11.3 Å². The number of phenols is 1. The van der Waals surface area contributed by atoms with E-state index in [0.29, 0.717) is 22.1 Å². The Morgan fingerprint density at radius 2 is 1.75 bits per heavy atom. The molecule has 0 bridgehead atoms. The van der Waals surface area contributed by atoms with Gasteiger partial charge in [-0.2, -0.15) is 5.10 Å². The summed E-state index contributed by atoms with van der Waals surface area (Å²) in [5.41, 5.74) is 0.769. The van der Waals surface area contributed by atoms with Crippen LogP contribution in [0.4, 0.5) is 5.82 Å². The number of aryl methyl sites for hydroxylation is 2. The van der Waals surface area contributed by atoms with Crippen LogP contribution in [0.2, 0.25) is 5.02 Å². The molecule has 5 heterocycles. The molecule has 4 atom stereocenters. The Balaban J connectivity index is 1.26. The van der Waals surface area contributed by atoms with Crippen molar-refractivity contribution in [3.05, 3.63) is 91.2 Å². The summed E-state index contributed by atoms with van der Waals surface area (Å²) >= 11 is 7.85. The number of methoxy groups -OCH3 is 2. The number of hydrogen-bond acceptors (Lipinski definition) is 9. The molecule has 8 rings (SSSR count). The van der Waals surface area contributed by atoms with E-state index in [4.69, 9.17) is 26.2 Å². The Hall–Kier alpha value is -5.34. The molecule has 5 aromatic rings. The number of nitrogens with zero attached hydrogens (tertiary/aromatic N) is 6. The monoisotopic (exact) mass is 742 g/mol. The molecule has 1 saturated carbocycles. The SMILES string of the molecule is COc1cc(C=CC2C3=CCn4c(=O)n(C)c(=O)n4C3CC3C(=O)N(c4cc(-c5sc6ccc(Cl)cc6c5C)nn4C)C(=O)C23C)cc(OC)c1O. The molecule has 1 N–H and O–H groups in total. The standard InChI is InChI=1S/C37H35ClN6O7S/c1-18-22-15-20(38)8-10-29(22)52-32(18)25-17-30(41(4)39-25)43-33(46)24-16-26-21(11-12-42-35(48)40(3)36(49)44(26)42)23(37(24,2)34(43)47)9-7-19-13-27(50-5)31(45)28(14-19)51-6/h7-11,13-15,17,23-24,26,45H,12,16H2,1-6H3. The summed E-state index contributed by atoms with van der Waals surface area (Å²) in [6.45, 7) is 3.93. The van der Waals surface area contributed by atoms with Crippen molar-refractivity contribution in [1.82, 2.24) is 23.7 Å². The van der Waals surface area contributed by atoms with Gasteiger partial charge in [0, 0.05) is 35.8 Å². The molecule has 13 nitrogen and oxygen atoms in total. The molecule has 2 amide bonds. The number of amides is 2. The second kappa shape index (κ2) is 11.9. The number of hydrogen-bond donors (Lipinski definition) is 1. The van der Waals surface area contributed by atoms with Crippen molar-refractivity contribution < 1.29 is 24.2 Å². The van der Waals surface area contributed by atoms with E-state index in [1.807, 2.05) is 37.3 Å². The van der Waals surface area contributed by atoms with Crippen LogP contribution in [0.1, 0.15) is 30.5 Å². The van der Waals surface area contributed by atoms with Crippen molar-refractivity contribution in [2.75, 3.05) is 19.1 Å². The average Bonchev–Trinajstić information content (AvgIpc) is 3.79. The van der Waals surface area contributed by atoms with Crippen molar-refractivity contribution in [2.24, 2.45) is 31.3 Å². The topological polar surface area (TPSA) is 143 Å². The zero-order valence-electron chi connectivity index (χ0n) is 29.2. The second-order valence-electron chi connectivity index (χ2n) is 13.6. The van der Waals surface area contributed by atoms with Crippen LogP contribution in [0.25, 0.3) is 26.7 Å². The van der Waals surface area contributed by atoms with Crippen LogP contribution < -0.4 is 25.8 Å². The molecule has 0 spiro atoms. The number of halogens is 1. The number of benzene rings is 2. The maximum atomic E-state index is 14.9. The summed E-state index contributed by atoms with van der Waals surface area (Å²) in [6, 6.07) is 10.1. The maximum absolute atomic E-state index is 14.9. The first kappa shape index (κ1) is 33.8. The zero-order chi connectivity index (χ0) is 37.0. The summed E-state index contributed by atoms with van der Waals surface area (Å²) in [7, 11) is 6.00. The van der Waals surface area contributed by atoms with E-state index in [1.165, 1.54) is 35.5 Å². The third-order valence-electron chi connectivity index (χ3n) is 11.0. The first-order valence-corrected chi connectivity index (χ1v) is 17.8. The Kier molecular flexibility index (Phi) is 7.70. The Morgan fingerprint density at radius 1 is 1.04 bits per heavy atom. The minimum Gasteiger partial charge on any atom is -0.502 e. The number of thiophene rings is 1. The average molecular weight is 743 g/mol. The first-order valence-electron chi connectivity index (χ1n) is 16.6. The van der Waals surface area contributed by atoms with E-state index in [9.17, 15) is 24.3 Å². The number of rotatable bonds is 6. The van der Waals surface area contributed by atoms with Gasteiger partial charge in [-0.1, -0.05) is 29.8 Å². The lowest BCUT2D eigenvalue weighted by molar-refractivity contribution is -0.129. The molecule has 2 aliphatic heterocycles. The Bertz CT molecular complexity index is 2530. The third-order valence-corrected chi connectivity index (χ3v) is 12.5. The first-order chi connectivity index (χ1) is 24.8. The summed E-state index contributed by atoms with van der Waals surface area (Å²) in [6.07, 6.45) is 5.67. The predicted octanol–water partition coefficient (Wildman–Crippen LogP) is 5.06. The largest absolute Gasteiger partial charge is 0.502 e. The van der Waals surface area contributed by atoms with E-state index in [-0.39, 0.29) is 30.2 Å². The molecule has 2 aromatic carbocycles. The fourth-order valence-corrected chi connectivity index (χ4v) is 9.56. The molecule has 3 aliphatic rings. The summed E-state index contributed by atoms with van der Waals surface area (Å²) in [4.78, 5) is 58.2. The lowest BCUT2D eigenvalue weighted by Gasteiger charge is -2.45. The van der Waals surface area contributed by atoms with Crippen LogP contribution in [0.15, 0.2) is 63.7 Å².